The summed E-state index contributed by atoms with van der Waals surface area (Å²) in [5.41, 5.74) is 3.95. The minimum absolute atomic E-state index is 0.987. The molecule has 2 heterocycles. The molecule has 3 rings (SSSR count). The van der Waals surface area contributed by atoms with Crippen LogP contribution in [0.3, 0.4) is 0 Å². The van der Waals surface area contributed by atoms with E-state index in [-0.39, 0.29) is 0 Å². The lowest BCUT2D eigenvalue weighted by Crippen LogP contribution is -2.32. The van der Waals surface area contributed by atoms with E-state index in [2.05, 4.69) is 65.4 Å². The maximum atomic E-state index is 2.28. The van der Waals surface area contributed by atoms with Crippen LogP contribution >= 0.6 is 0 Å². The zero-order valence-corrected chi connectivity index (χ0v) is 8.43. The van der Waals surface area contributed by atoms with E-state index >= 15 is 0 Å². The van der Waals surface area contributed by atoms with Crippen LogP contribution in [0.15, 0.2) is 60.8 Å². The number of benzene rings is 1. The van der Waals surface area contributed by atoms with Crippen LogP contribution in [0.4, 0.5) is 0 Å². The van der Waals surface area contributed by atoms with Crippen molar-refractivity contribution in [2.75, 3.05) is 0 Å². The molecular formula is C14H12N+. The van der Waals surface area contributed by atoms with Gasteiger partial charge in [-0.1, -0.05) is 30.3 Å². The van der Waals surface area contributed by atoms with Crippen molar-refractivity contribution in [2.45, 2.75) is 6.54 Å². The molecule has 0 saturated carbocycles. The summed E-state index contributed by atoms with van der Waals surface area (Å²) in [6.07, 6.45) is 4.41. The van der Waals surface area contributed by atoms with E-state index in [1.165, 1.54) is 16.8 Å². The lowest BCUT2D eigenvalue weighted by atomic mass is 10.0. The molecule has 1 heteroatoms. The summed E-state index contributed by atoms with van der Waals surface area (Å²) in [5, 5.41) is 0. The van der Waals surface area contributed by atoms with E-state index in [0.717, 1.165) is 6.54 Å². The molecule has 1 aromatic heterocycles. The standard InChI is InChI=1S/C14H12N/c1-2-6-12(7-3-1)13-9-11-15-10-5-4-8-14(13)15/h1-10H,11H2/q+1. The Bertz CT molecular complexity index is 512. The largest absolute Gasteiger partial charge is 0.213 e. The van der Waals surface area contributed by atoms with Gasteiger partial charge in [0.1, 0.15) is 0 Å². The lowest BCUT2D eigenvalue weighted by molar-refractivity contribution is -0.684. The third-order valence-corrected chi connectivity index (χ3v) is 2.79. The Kier molecular flexibility index (Phi) is 1.88. The molecule has 0 radical (unpaired) electrons. The van der Waals surface area contributed by atoms with Gasteiger partial charge in [0.05, 0.1) is 5.57 Å². The summed E-state index contributed by atoms with van der Waals surface area (Å²) in [5.74, 6) is 0. The first kappa shape index (κ1) is 8.42. The van der Waals surface area contributed by atoms with Crippen LogP contribution in [-0.2, 0) is 6.54 Å². The molecule has 72 valence electrons. The van der Waals surface area contributed by atoms with Gasteiger partial charge >= 0.3 is 0 Å². The topological polar surface area (TPSA) is 3.88 Å². The first-order chi connectivity index (χ1) is 7.45. The summed E-state index contributed by atoms with van der Waals surface area (Å²) in [4.78, 5) is 0. The van der Waals surface area contributed by atoms with E-state index in [1.807, 2.05) is 0 Å². The summed E-state index contributed by atoms with van der Waals surface area (Å²) >= 11 is 0. The molecule has 1 aromatic carbocycles. The highest BCUT2D eigenvalue weighted by Crippen LogP contribution is 2.23. The molecule has 0 unspecified atom stereocenters. The predicted octanol–water partition coefficient (Wildman–Crippen LogP) is 2.42. The molecule has 2 aromatic rings. The van der Waals surface area contributed by atoms with Gasteiger partial charge in [0.2, 0.25) is 5.69 Å². The van der Waals surface area contributed by atoms with E-state index in [0.29, 0.717) is 0 Å². The molecule has 0 aliphatic carbocycles. The Morgan fingerprint density at radius 1 is 0.867 bits per heavy atom. The van der Waals surface area contributed by atoms with Crippen LogP contribution in [0.1, 0.15) is 11.3 Å². The highest BCUT2D eigenvalue weighted by Gasteiger charge is 2.21. The molecule has 0 N–H and O–H groups in total. The zero-order valence-electron chi connectivity index (χ0n) is 8.43. The Hall–Kier alpha value is -1.89. The molecular weight excluding hydrogens is 182 g/mol. The van der Waals surface area contributed by atoms with Gasteiger partial charge in [-0.05, 0) is 17.7 Å². The number of allylic oxidation sites excluding steroid dienone is 1. The minimum atomic E-state index is 0.987. The maximum absolute atomic E-state index is 2.28. The van der Waals surface area contributed by atoms with Crippen molar-refractivity contribution in [1.82, 2.24) is 0 Å². The van der Waals surface area contributed by atoms with Crippen molar-refractivity contribution in [1.29, 1.82) is 0 Å². The van der Waals surface area contributed by atoms with E-state index in [9.17, 15) is 0 Å². The van der Waals surface area contributed by atoms with Gasteiger partial charge < -0.3 is 0 Å². The van der Waals surface area contributed by atoms with Crippen molar-refractivity contribution < 1.29 is 4.57 Å². The molecule has 0 atom stereocenters. The van der Waals surface area contributed by atoms with Gasteiger partial charge in [-0.15, -0.1) is 0 Å². The van der Waals surface area contributed by atoms with Crippen molar-refractivity contribution in [3.8, 4) is 0 Å². The quantitative estimate of drug-likeness (QED) is 0.614. The number of pyridine rings is 1. The summed E-state index contributed by atoms with van der Waals surface area (Å²) in [7, 11) is 0. The van der Waals surface area contributed by atoms with Crippen molar-refractivity contribution in [3.63, 3.8) is 0 Å². The van der Waals surface area contributed by atoms with Crippen LogP contribution < -0.4 is 4.57 Å². The molecule has 1 nitrogen and oxygen atoms in total. The van der Waals surface area contributed by atoms with Crippen LogP contribution in [0.5, 0.6) is 0 Å². The number of aromatic nitrogens is 1. The zero-order chi connectivity index (χ0) is 10.1. The SMILES string of the molecule is C1=C(c2ccccc2)c2cccc[n+]2C1. The van der Waals surface area contributed by atoms with Gasteiger partial charge in [-0.3, -0.25) is 0 Å². The number of hydrogen-bond acceptors (Lipinski definition) is 0. The molecule has 0 fully saturated rings. The minimum Gasteiger partial charge on any atom is -0.195 e. The molecule has 0 spiro atoms. The van der Waals surface area contributed by atoms with Crippen LogP contribution in [0.2, 0.25) is 0 Å². The fourth-order valence-electron chi connectivity index (χ4n) is 2.06. The van der Waals surface area contributed by atoms with Crippen molar-refractivity contribution >= 4 is 5.57 Å². The first-order valence-corrected chi connectivity index (χ1v) is 5.19. The molecule has 1 aliphatic rings. The molecule has 0 saturated heterocycles. The first-order valence-electron chi connectivity index (χ1n) is 5.19. The van der Waals surface area contributed by atoms with Gasteiger partial charge in [-0.25, -0.2) is 0 Å². The second-order valence-corrected chi connectivity index (χ2v) is 3.72. The number of nitrogens with zero attached hydrogens (tertiary/aromatic N) is 1. The Morgan fingerprint density at radius 3 is 2.53 bits per heavy atom. The number of fused-ring (bicyclic) bond motifs is 1. The van der Waals surface area contributed by atoms with Crippen molar-refractivity contribution in [3.05, 3.63) is 72.1 Å². The second kappa shape index (κ2) is 3.35. The molecule has 0 bridgehead atoms. The van der Waals surface area contributed by atoms with Gasteiger partial charge in [0.25, 0.3) is 0 Å². The second-order valence-electron chi connectivity index (χ2n) is 3.72. The Balaban J connectivity index is 2.11. The monoisotopic (exact) mass is 194 g/mol. The Morgan fingerprint density at radius 2 is 1.67 bits per heavy atom. The van der Waals surface area contributed by atoms with Crippen LogP contribution in [-0.4, -0.2) is 0 Å². The van der Waals surface area contributed by atoms with Gasteiger partial charge in [-0.2, -0.15) is 4.57 Å². The highest BCUT2D eigenvalue weighted by atomic mass is 15.0. The average molecular weight is 194 g/mol. The fourth-order valence-corrected chi connectivity index (χ4v) is 2.06. The summed E-state index contributed by atoms with van der Waals surface area (Å²) in [6, 6.07) is 16.9. The molecule has 0 amide bonds. The van der Waals surface area contributed by atoms with E-state index in [4.69, 9.17) is 0 Å². The molecule has 1 aliphatic heterocycles. The third-order valence-electron chi connectivity index (χ3n) is 2.79. The summed E-state index contributed by atoms with van der Waals surface area (Å²) < 4.78 is 2.27. The van der Waals surface area contributed by atoms with E-state index in [1.54, 1.807) is 0 Å². The predicted molar refractivity (Wildman–Crippen MR) is 60.2 cm³/mol. The average Bonchev–Trinajstić information content (AvgIpc) is 2.74. The lowest BCUT2D eigenvalue weighted by Gasteiger charge is -1.99. The van der Waals surface area contributed by atoms with Crippen molar-refractivity contribution in [2.24, 2.45) is 0 Å². The number of rotatable bonds is 1. The third kappa shape index (κ3) is 1.37. The normalized spacial score (nSPS) is 13.5. The number of hydrogen-bond donors (Lipinski definition) is 0. The van der Waals surface area contributed by atoms with E-state index < -0.39 is 0 Å². The summed E-state index contributed by atoms with van der Waals surface area (Å²) in [6.45, 7) is 0.987. The fraction of sp³-hybridized carbons (Fsp3) is 0.0714. The highest BCUT2D eigenvalue weighted by molar-refractivity contribution is 5.77. The van der Waals surface area contributed by atoms with Crippen LogP contribution in [0.25, 0.3) is 5.57 Å². The smallest absolute Gasteiger partial charge is 0.195 e. The van der Waals surface area contributed by atoms with Gasteiger partial charge in [0, 0.05) is 12.1 Å². The van der Waals surface area contributed by atoms with Gasteiger partial charge in [0.15, 0.2) is 12.7 Å². The Labute approximate surface area is 89.3 Å². The molecule has 15 heavy (non-hydrogen) atoms. The maximum Gasteiger partial charge on any atom is 0.213 e. The van der Waals surface area contributed by atoms with Crippen LogP contribution in [0, 0.1) is 0 Å².